The van der Waals surface area contributed by atoms with Gasteiger partial charge in [-0.2, -0.15) is 0 Å². The Labute approximate surface area is 151 Å². The van der Waals surface area contributed by atoms with Crippen LogP contribution in [0.5, 0.6) is 0 Å². The molecule has 0 nitrogen and oxygen atoms in total. The molecule has 0 atom stereocenters. The van der Waals surface area contributed by atoms with E-state index in [2.05, 4.69) is 55.2 Å². The van der Waals surface area contributed by atoms with E-state index in [0.29, 0.717) is 12.0 Å². The van der Waals surface area contributed by atoms with E-state index >= 15 is 0 Å². The maximum atomic E-state index is 13.8. The Hall–Kier alpha value is -2.59. The monoisotopic (exact) mass is 332 g/mol. The van der Waals surface area contributed by atoms with E-state index in [0.717, 1.165) is 23.1 Å². The molecule has 0 fully saturated rings. The molecule has 3 rings (SSSR count). The average Bonchev–Trinajstić information content (AvgIpc) is 2.64. The summed E-state index contributed by atoms with van der Waals surface area (Å²) in [5.74, 6) is 5.87. The fraction of sp³-hybridized carbons (Fsp3) is 0.250. The molecule has 0 spiro atoms. The molecule has 0 aromatic heterocycles. The van der Waals surface area contributed by atoms with Gasteiger partial charge in [-0.1, -0.05) is 73.2 Å². The topological polar surface area (TPSA) is 0 Å². The largest absolute Gasteiger partial charge is 0.206 e. The van der Waals surface area contributed by atoms with E-state index in [1.54, 1.807) is 6.08 Å². The zero-order chi connectivity index (χ0) is 18.2. The van der Waals surface area contributed by atoms with E-state index in [9.17, 15) is 4.39 Å². The van der Waals surface area contributed by atoms with E-state index in [4.69, 9.17) is 0 Å². The standard InChI is InChI=1S/C22H19F.C2H6/c1-16-3-9-19(10-4-16)20-12-6-18(7-13-20)8-14-21-11-5-17(2)15-22(21)23;1-2/h3-4,6-7,9-10,12-13,15H,5,11H2,1-2H3;1-2H3. The SMILES string of the molecule is CC.CC1=CC(F)=C(C#Cc2ccc(-c3ccc(C)cc3)cc2)CC1. The van der Waals surface area contributed by atoms with Crippen LogP contribution in [0.1, 0.15) is 44.7 Å². The van der Waals surface area contributed by atoms with Crippen LogP contribution in [0.4, 0.5) is 4.39 Å². The van der Waals surface area contributed by atoms with Crippen LogP contribution in [0, 0.1) is 18.8 Å². The van der Waals surface area contributed by atoms with Gasteiger partial charge >= 0.3 is 0 Å². The predicted molar refractivity (Wildman–Crippen MR) is 106 cm³/mol. The molecule has 1 aliphatic rings. The van der Waals surface area contributed by atoms with E-state index < -0.39 is 0 Å². The third kappa shape index (κ3) is 5.19. The summed E-state index contributed by atoms with van der Waals surface area (Å²) in [6.07, 6.45) is 3.18. The molecule has 128 valence electrons. The van der Waals surface area contributed by atoms with Crippen molar-refractivity contribution in [2.75, 3.05) is 0 Å². The lowest BCUT2D eigenvalue weighted by atomic mass is 9.98. The van der Waals surface area contributed by atoms with Gasteiger partial charge in [0.15, 0.2) is 0 Å². The van der Waals surface area contributed by atoms with Gasteiger partial charge in [0.2, 0.25) is 0 Å². The maximum absolute atomic E-state index is 13.8. The van der Waals surface area contributed by atoms with Gasteiger partial charge in [-0.15, -0.1) is 0 Å². The molecular weight excluding hydrogens is 307 g/mol. The quantitative estimate of drug-likeness (QED) is 0.493. The van der Waals surface area contributed by atoms with E-state index in [-0.39, 0.29) is 5.83 Å². The zero-order valence-corrected chi connectivity index (χ0v) is 15.5. The predicted octanol–water partition coefficient (Wildman–Crippen LogP) is 7.00. The lowest BCUT2D eigenvalue weighted by molar-refractivity contribution is 0.638. The third-order valence-corrected chi connectivity index (χ3v) is 4.06. The van der Waals surface area contributed by atoms with Crippen LogP contribution in [-0.2, 0) is 0 Å². The van der Waals surface area contributed by atoms with Crippen LogP contribution in [0.3, 0.4) is 0 Å². The Kier molecular flexibility index (Phi) is 6.78. The van der Waals surface area contributed by atoms with Crippen LogP contribution < -0.4 is 0 Å². The van der Waals surface area contributed by atoms with Gasteiger partial charge in [0.1, 0.15) is 5.83 Å². The van der Waals surface area contributed by atoms with Crippen molar-refractivity contribution in [2.24, 2.45) is 0 Å². The fourth-order valence-electron chi connectivity index (χ4n) is 2.58. The minimum atomic E-state index is -0.183. The Morgan fingerprint density at radius 3 is 1.88 bits per heavy atom. The Morgan fingerprint density at radius 1 is 0.760 bits per heavy atom. The molecule has 1 aliphatic carbocycles. The highest BCUT2D eigenvalue weighted by Crippen LogP contribution is 2.24. The number of aryl methyl sites for hydroxylation is 1. The molecule has 0 unspecified atom stereocenters. The molecular formula is C24H25F. The van der Waals surface area contributed by atoms with Crippen LogP contribution in [-0.4, -0.2) is 0 Å². The summed E-state index contributed by atoms with van der Waals surface area (Å²) < 4.78 is 13.8. The van der Waals surface area contributed by atoms with Crippen molar-refractivity contribution < 1.29 is 4.39 Å². The minimum Gasteiger partial charge on any atom is -0.206 e. The Bertz CT molecular complexity index is 822. The van der Waals surface area contributed by atoms with Gasteiger partial charge in [-0.05, 0) is 56.0 Å². The van der Waals surface area contributed by atoms with E-state index in [1.807, 2.05) is 32.9 Å². The van der Waals surface area contributed by atoms with Crippen LogP contribution in [0.25, 0.3) is 11.1 Å². The summed E-state index contributed by atoms with van der Waals surface area (Å²) in [6.45, 7) is 8.03. The molecule has 0 bridgehead atoms. The molecule has 0 radical (unpaired) electrons. The summed E-state index contributed by atoms with van der Waals surface area (Å²) in [7, 11) is 0. The third-order valence-electron chi connectivity index (χ3n) is 4.06. The summed E-state index contributed by atoms with van der Waals surface area (Å²) >= 11 is 0. The first-order valence-electron chi connectivity index (χ1n) is 8.87. The number of allylic oxidation sites excluding steroid dienone is 4. The number of halogens is 1. The maximum Gasteiger partial charge on any atom is 0.134 e. The van der Waals surface area contributed by atoms with Crippen molar-refractivity contribution in [3.05, 3.63) is 82.7 Å². The highest BCUT2D eigenvalue weighted by Gasteiger charge is 2.08. The molecule has 0 aliphatic heterocycles. The van der Waals surface area contributed by atoms with Crippen LogP contribution in [0.2, 0.25) is 0 Å². The molecule has 2 aromatic rings. The second-order valence-corrected chi connectivity index (χ2v) is 6.01. The van der Waals surface area contributed by atoms with Crippen molar-refractivity contribution >= 4 is 0 Å². The summed E-state index contributed by atoms with van der Waals surface area (Å²) in [5, 5.41) is 0. The van der Waals surface area contributed by atoms with Gasteiger partial charge < -0.3 is 0 Å². The molecule has 2 aromatic carbocycles. The molecule has 1 heteroatoms. The number of hydrogen-bond donors (Lipinski definition) is 0. The second kappa shape index (κ2) is 9.04. The number of rotatable bonds is 1. The second-order valence-electron chi connectivity index (χ2n) is 6.01. The van der Waals surface area contributed by atoms with E-state index in [1.165, 1.54) is 11.1 Å². The Balaban J connectivity index is 0.00000109. The van der Waals surface area contributed by atoms with Gasteiger partial charge in [0, 0.05) is 11.1 Å². The molecule has 0 N–H and O–H groups in total. The minimum absolute atomic E-state index is 0.183. The lowest BCUT2D eigenvalue weighted by Gasteiger charge is -2.08. The van der Waals surface area contributed by atoms with Crippen molar-refractivity contribution in [1.29, 1.82) is 0 Å². The van der Waals surface area contributed by atoms with Gasteiger partial charge in [0.25, 0.3) is 0 Å². The lowest BCUT2D eigenvalue weighted by Crippen LogP contribution is -1.93. The van der Waals surface area contributed by atoms with Crippen LogP contribution in [0.15, 0.2) is 71.6 Å². The van der Waals surface area contributed by atoms with Crippen molar-refractivity contribution in [2.45, 2.75) is 40.5 Å². The molecule has 0 amide bonds. The molecule has 0 saturated carbocycles. The first-order chi connectivity index (χ1) is 12.1. The van der Waals surface area contributed by atoms with Crippen molar-refractivity contribution in [1.82, 2.24) is 0 Å². The first kappa shape index (κ1) is 18.7. The Morgan fingerprint density at radius 2 is 1.32 bits per heavy atom. The van der Waals surface area contributed by atoms with Crippen molar-refractivity contribution in [3.8, 4) is 23.0 Å². The summed E-state index contributed by atoms with van der Waals surface area (Å²) in [4.78, 5) is 0. The summed E-state index contributed by atoms with van der Waals surface area (Å²) in [5.41, 5.74) is 6.21. The molecule has 0 saturated heterocycles. The average molecular weight is 332 g/mol. The smallest absolute Gasteiger partial charge is 0.134 e. The fourth-order valence-corrected chi connectivity index (χ4v) is 2.58. The van der Waals surface area contributed by atoms with Gasteiger partial charge in [-0.25, -0.2) is 4.39 Å². The highest BCUT2D eigenvalue weighted by atomic mass is 19.1. The number of hydrogen-bond acceptors (Lipinski definition) is 0. The van der Waals surface area contributed by atoms with Gasteiger partial charge in [0.05, 0.1) is 0 Å². The highest BCUT2D eigenvalue weighted by molar-refractivity contribution is 5.64. The molecule has 25 heavy (non-hydrogen) atoms. The summed E-state index contributed by atoms with van der Waals surface area (Å²) in [6, 6.07) is 16.6. The normalized spacial score (nSPS) is 13.2. The number of benzene rings is 2. The zero-order valence-electron chi connectivity index (χ0n) is 15.5. The van der Waals surface area contributed by atoms with Crippen molar-refractivity contribution in [3.63, 3.8) is 0 Å². The molecule has 0 heterocycles. The van der Waals surface area contributed by atoms with Gasteiger partial charge in [-0.3, -0.25) is 0 Å². The first-order valence-corrected chi connectivity index (χ1v) is 8.87. The van der Waals surface area contributed by atoms with Crippen LogP contribution >= 0.6 is 0 Å².